The molecule has 7 heteroatoms. The van der Waals surface area contributed by atoms with Crippen molar-refractivity contribution in [3.8, 4) is 5.75 Å². The largest absolute Gasteiger partial charge is 0.497 e. The van der Waals surface area contributed by atoms with E-state index in [0.29, 0.717) is 24.0 Å². The highest BCUT2D eigenvalue weighted by Crippen LogP contribution is 2.43. The van der Waals surface area contributed by atoms with Crippen LogP contribution in [0.25, 0.3) is 11.1 Å². The number of Topliss-reactive ketones (excluding diaryl/α,β-unsaturated/α-hetero) is 1. The number of para-hydroxylation sites is 2. The van der Waals surface area contributed by atoms with Crippen molar-refractivity contribution in [3.63, 3.8) is 0 Å². The number of hydrogen-bond acceptors (Lipinski definition) is 7. The van der Waals surface area contributed by atoms with Crippen LogP contribution in [0.4, 0.5) is 6.01 Å². The van der Waals surface area contributed by atoms with E-state index in [-0.39, 0.29) is 11.2 Å². The molecular formula is C24H24N4O3. The summed E-state index contributed by atoms with van der Waals surface area (Å²) < 4.78 is 11.2. The minimum Gasteiger partial charge on any atom is -0.497 e. The number of oxazole rings is 1. The lowest BCUT2D eigenvalue weighted by molar-refractivity contribution is -0.118. The van der Waals surface area contributed by atoms with Gasteiger partial charge in [0.1, 0.15) is 17.3 Å². The van der Waals surface area contributed by atoms with Gasteiger partial charge in [0.05, 0.1) is 7.11 Å². The van der Waals surface area contributed by atoms with Gasteiger partial charge in [0.15, 0.2) is 11.4 Å². The number of ether oxygens (including phenoxy) is 1. The molecule has 5 rings (SSSR count). The van der Waals surface area contributed by atoms with Crippen molar-refractivity contribution in [2.45, 2.75) is 32.7 Å². The Morgan fingerprint density at radius 1 is 1.16 bits per heavy atom. The maximum Gasteiger partial charge on any atom is 0.302 e. The second kappa shape index (κ2) is 7.27. The number of fused-ring (bicyclic) bond motifs is 1. The summed E-state index contributed by atoms with van der Waals surface area (Å²) in [5.74, 6) is 1.35. The average molecular weight is 416 g/mol. The van der Waals surface area contributed by atoms with Gasteiger partial charge < -0.3 is 14.5 Å². The minimum atomic E-state index is -0.429. The number of allylic oxidation sites excluding steroid dienone is 1. The third kappa shape index (κ3) is 3.67. The molecule has 0 saturated carbocycles. The zero-order valence-corrected chi connectivity index (χ0v) is 17.7. The molecule has 0 radical (unpaired) electrons. The smallest absolute Gasteiger partial charge is 0.302 e. The molecule has 0 unspecified atom stereocenters. The van der Waals surface area contributed by atoms with E-state index >= 15 is 0 Å². The first-order chi connectivity index (χ1) is 14.9. The monoisotopic (exact) mass is 416 g/mol. The number of benzene rings is 2. The van der Waals surface area contributed by atoms with Gasteiger partial charge in [-0.2, -0.15) is 4.98 Å². The van der Waals surface area contributed by atoms with E-state index in [0.717, 1.165) is 34.5 Å². The quantitative estimate of drug-likeness (QED) is 0.649. The highest BCUT2D eigenvalue weighted by Gasteiger charge is 2.39. The molecule has 0 bridgehead atoms. The molecule has 1 aliphatic heterocycles. The maximum absolute atomic E-state index is 13.1. The molecule has 3 aromatic rings. The predicted molar refractivity (Wildman–Crippen MR) is 119 cm³/mol. The fourth-order valence-corrected chi connectivity index (χ4v) is 4.28. The Labute approximate surface area is 180 Å². The summed E-state index contributed by atoms with van der Waals surface area (Å²) in [5, 5.41) is 6.49. The molecule has 2 aliphatic rings. The van der Waals surface area contributed by atoms with Crippen LogP contribution < -0.4 is 15.4 Å². The number of nitrogens with one attached hydrogen (secondary N) is 2. The van der Waals surface area contributed by atoms with Crippen LogP contribution in [-0.2, 0) is 4.79 Å². The van der Waals surface area contributed by atoms with Crippen LogP contribution in [0.2, 0.25) is 0 Å². The van der Waals surface area contributed by atoms with E-state index in [1.54, 1.807) is 7.11 Å². The predicted octanol–water partition coefficient (Wildman–Crippen LogP) is 4.59. The molecule has 7 nitrogen and oxygen atoms in total. The third-order valence-electron chi connectivity index (χ3n) is 5.65. The summed E-state index contributed by atoms with van der Waals surface area (Å²) in [6, 6.07) is 15.2. The second-order valence-corrected chi connectivity index (χ2v) is 8.73. The van der Waals surface area contributed by atoms with Gasteiger partial charge in [0.25, 0.3) is 0 Å². The molecule has 2 N–H and O–H groups in total. The zero-order valence-electron chi connectivity index (χ0n) is 17.7. The van der Waals surface area contributed by atoms with E-state index in [1.807, 2.05) is 48.5 Å². The van der Waals surface area contributed by atoms with Gasteiger partial charge in [-0.25, -0.2) is 4.99 Å². The molecule has 1 aromatic heterocycles. The Bertz CT molecular complexity index is 1210. The van der Waals surface area contributed by atoms with Crippen LogP contribution in [0.1, 0.15) is 38.3 Å². The van der Waals surface area contributed by atoms with Gasteiger partial charge in [-0.3, -0.25) is 10.1 Å². The third-order valence-corrected chi connectivity index (χ3v) is 5.65. The van der Waals surface area contributed by atoms with Crippen LogP contribution in [0.3, 0.4) is 0 Å². The first kappa shape index (κ1) is 19.4. The van der Waals surface area contributed by atoms with Crippen molar-refractivity contribution >= 4 is 28.9 Å². The van der Waals surface area contributed by atoms with Crippen LogP contribution in [-0.4, -0.2) is 23.8 Å². The number of guanidine groups is 1. The Kier molecular flexibility index (Phi) is 4.54. The molecular weight excluding hydrogens is 392 g/mol. The normalized spacial score (nSPS) is 20.2. The van der Waals surface area contributed by atoms with Crippen molar-refractivity contribution in [2.24, 2.45) is 10.4 Å². The van der Waals surface area contributed by atoms with Crippen molar-refractivity contribution in [1.82, 2.24) is 10.3 Å². The van der Waals surface area contributed by atoms with Gasteiger partial charge in [-0.1, -0.05) is 38.1 Å². The van der Waals surface area contributed by atoms with Gasteiger partial charge in [-0.15, -0.1) is 0 Å². The molecule has 0 spiro atoms. The van der Waals surface area contributed by atoms with Gasteiger partial charge >= 0.3 is 6.01 Å². The molecule has 2 aromatic carbocycles. The number of methoxy groups -OCH3 is 1. The topological polar surface area (TPSA) is 88.8 Å². The molecule has 1 atom stereocenters. The molecule has 0 saturated heterocycles. The highest BCUT2D eigenvalue weighted by atomic mass is 16.5. The highest BCUT2D eigenvalue weighted by molar-refractivity contribution is 6.03. The molecule has 0 fully saturated rings. The summed E-state index contributed by atoms with van der Waals surface area (Å²) in [6.45, 7) is 4.22. The second-order valence-electron chi connectivity index (χ2n) is 8.73. The number of anilines is 1. The van der Waals surface area contributed by atoms with Crippen molar-refractivity contribution in [1.29, 1.82) is 0 Å². The zero-order chi connectivity index (χ0) is 21.6. The van der Waals surface area contributed by atoms with Crippen molar-refractivity contribution in [2.75, 3.05) is 12.4 Å². The number of aliphatic imine (C=N–C) groups is 1. The van der Waals surface area contributed by atoms with E-state index < -0.39 is 6.04 Å². The molecule has 2 heterocycles. The van der Waals surface area contributed by atoms with Gasteiger partial charge in [0, 0.05) is 17.7 Å². The number of aromatic nitrogens is 1. The fourth-order valence-electron chi connectivity index (χ4n) is 4.28. The summed E-state index contributed by atoms with van der Waals surface area (Å²) in [4.78, 5) is 22.4. The van der Waals surface area contributed by atoms with Crippen LogP contribution in [0.5, 0.6) is 5.75 Å². The summed E-state index contributed by atoms with van der Waals surface area (Å²) in [6.07, 6.45) is 1.25. The fraction of sp³-hybridized carbons (Fsp3) is 0.292. The number of rotatable bonds is 3. The Morgan fingerprint density at radius 2 is 2.00 bits per heavy atom. The summed E-state index contributed by atoms with van der Waals surface area (Å²) in [5.41, 5.74) is 3.85. The lowest BCUT2D eigenvalue weighted by Gasteiger charge is -2.37. The van der Waals surface area contributed by atoms with Crippen LogP contribution >= 0.6 is 0 Å². The van der Waals surface area contributed by atoms with E-state index in [1.165, 1.54) is 0 Å². The number of carbonyl (C=O) groups excluding carboxylic acids is 1. The minimum absolute atomic E-state index is 0.122. The van der Waals surface area contributed by atoms with Gasteiger partial charge in [-0.05, 0) is 41.7 Å². The Morgan fingerprint density at radius 3 is 2.81 bits per heavy atom. The standard InChI is InChI=1S/C24H24N4O3/c1-24(2)12-17-20(18(29)13-24)21(14-7-6-8-15(11-14)30-3)27-22(25-17)28-23-26-16-9-4-5-10-19(16)31-23/h4-11,21H,12-13H2,1-3H3,(H2,25,26,27,28)/t21-/m1/s1. The van der Waals surface area contributed by atoms with Crippen LogP contribution in [0, 0.1) is 5.41 Å². The number of nitrogens with zero attached hydrogens (tertiary/aromatic N) is 2. The Balaban J connectivity index is 1.55. The van der Waals surface area contributed by atoms with E-state index in [4.69, 9.17) is 14.1 Å². The first-order valence-electron chi connectivity index (χ1n) is 10.3. The number of ketones is 1. The number of hydrogen-bond donors (Lipinski definition) is 2. The molecule has 0 amide bonds. The maximum atomic E-state index is 13.1. The Hall–Kier alpha value is -3.61. The molecule has 31 heavy (non-hydrogen) atoms. The summed E-state index contributed by atoms with van der Waals surface area (Å²) >= 11 is 0. The molecule has 1 aliphatic carbocycles. The average Bonchev–Trinajstić information content (AvgIpc) is 3.14. The lowest BCUT2D eigenvalue weighted by atomic mass is 9.73. The lowest BCUT2D eigenvalue weighted by Crippen LogP contribution is -2.41. The van der Waals surface area contributed by atoms with Crippen molar-refractivity contribution < 1.29 is 13.9 Å². The van der Waals surface area contributed by atoms with Gasteiger partial charge in [0.2, 0.25) is 5.96 Å². The van der Waals surface area contributed by atoms with Crippen molar-refractivity contribution in [3.05, 3.63) is 65.4 Å². The van der Waals surface area contributed by atoms with E-state index in [9.17, 15) is 4.79 Å². The first-order valence-corrected chi connectivity index (χ1v) is 10.3. The molecule has 158 valence electrons. The number of carbonyl (C=O) groups is 1. The van der Waals surface area contributed by atoms with E-state index in [2.05, 4.69) is 29.5 Å². The van der Waals surface area contributed by atoms with Crippen LogP contribution in [0.15, 0.2) is 69.2 Å². The SMILES string of the molecule is COc1cccc([C@H]2N=C(Nc3nc4ccccc4o3)NC3=C2C(=O)CC(C)(C)C3)c1. The summed E-state index contributed by atoms with van der Waals surface area (Å²) in [7, 11) is 1.63.